The Balaban J connectivity index is 1.47. The third kappa shape index (κ3) is 4.32. The molecular formula is C16H17Cl2N3O2S. The highest BCUT2D eigenvalue weighted by Gasteiger charge is 2.26. The van der Waals surface area contributed by atoms with Gasteiger partial charge in [-0.25, -0.2) is 4.98 Å². The molecule has 0 aliphatic carbocycles. The van der Waals surface area contributed by atoms with E-state index in [2.05, 4.69) is 15.2 Å². The molecule has 0 bridgehead atoms. The molecule has 1 aromatic heterocycles. The lowest BCUT2D eigenvalue weighted by Crippen LogP contribution is -2.41. The van der Waals surface area contributed by atoms with Crippen LogP contribution < -0.4 is 15.0 Å². The number of nitrogens with one attached hydrogen (secondary N) is 1. The van der Waals surface area contributed by atoms with Crippen molar-refractivity contribution in [3.63, 3.8) is 0 Å². The summed E-state index contributed by atoms with van der Waals surface area (Å²) >= 11 is 13.5. The Kier molecular flexibility index (Phi) is 5.81. The van der Waals surface area contributed by atoms with Gasteiger partial charge in [0, 0.05) is 35.7 Å². The Morgan fingerprint density at radius 2 is 2.33 bits per heavy atom. The second-order valence-corrected chi connectivity index (χ2v) is 7.19. The number of carbonyl (C=O) groups excluding carboxylic acids is 1. The summed E-state index contributed by atoms with van der Waals surface area (Å²) in [5.74, 6) is 0.272. The van der Waals surface area contributed by atoms with E-state index in [1.165, 1.54) is 0 Å². The third-order valence-corrected chi connectivity index (χ3v) is 5.17. The predicted molar refractivity (Wildman–Crippen MR) is 97.4 cm³/mol. The highest BCUT2D eigenvalue weighted by atomic mass is 35.5. The first-order valence-electron chi connectivity index (χ1n) is 7.64. The van der Waals surface area contributed by atoms with E-state index in [1.54, 1.807) is 35.7 Å². The van der Waals surface area contributed by atoms with Gasteiger partial charge in [-0.05, 0) is 31.0 Å². The fourth-order valence-corrected chi connectivity index (χ4v) is 3.88. The average molecular weight is 386 g/mol. The SMILES string of the molecule is O=C(COc1ccc(Cl)cc1Cl)NC[C@@H]1CCCN1c1nccs1. The Morgan fingerprint density at radius 1 is 1.46 bits per heavy atom. The minimum absolute atomic E-state index is 0.0781. The topological polar surface area (TPSA) is 54.5 Å². The summed E-state index contributed by atoms with van der Waals surface area (Å²) in [5, 5.41) is 6.81. The van der Waals surface area contributed by atoms with E-state index in [0.29, 0.717) is 22.3 Å². The molecule has 128 valence electrons. The van der Waals surface area contributed by atoms with Gasteiger partial charge in [-0.2, -0.15) is 0 Å². The lowest BCUT2D eigenvalue weighted by molar-refractivity contribution is -0.123. The number of thiazole rings is 1. The van der Waals surface area contributed by atoms with E-state index in [0.717, 1.165) is 24.5 Å². The molecule has 1 saturated heterocycles. The highest BCUT2D eigenvalue weighted by molar-refractivity contribution is 7.13. The number of hydrogen-bond acceptors (Lipinski definition) is 5. The minimum atomic E-state index is -0.174. The van der Waals surface area contributed by atoms with Crippen LogP contribution in [0.3, 0.4) is 0 Å². The largest absolute Gasteiger partial charge is 0.482 e. The van der Waals surface area contributed by atoms with Gasteiger partial charge in [0.05, 0.1) is 5.02 Å². The van der Waals surface area contributed by atoms with Gasteiger partial charge in [-0.3, -0.25) is 4.79 Å². The van der Waals surface area contributed by atoms with Crippen LogP contribution in [0, 0.1) is 0 Å². The molecular weight excluding hydrogens is 369 g/mol. The Morgan fingerprint density at radius 3 is 3.08 bits per heavy atom. The number of nitrogens with zero attached hydrogens (tertiary/aromatic N) is 2. The van der Waals surface area contributed by atoms with Crippen LogP contribution in [0.25, 0.3) is 0 Å². The van der Waals surface area contributed by atoms with Crippen molar-refractivity contribution in [3.05, 3.63) is 39.8 Å². The number of rotatable bonds is 6. The van der Waals surface area contributed by atoms with E-state index in [4.69, 9.17) is 27.9 Å². The fourth-order valence-electron chi connectivity index (χ4n) is 2.68. The summed E-state index contributed by atoms with van der Waals surface area (Å²) < 4.78 is 5.44. The maximum absolute atomic E-state index is 12.0. The first-order chi connectivity index (χ1) is 11.6. The molecule has 0 unspecified atom stereocenters. The van der Waals surface area contributed by atoms with Crippen molar-refractivity contribution < 1.29 is 9.53 Å². The zero-order chi connectivity index (χ0) is 16.9. The number of benzene rings is 1. The summed E-state index contributed by atoms with van der Waals surface area (Å²) in [6.07, 6.45) is 3.96. The summed E-state index contributed by atoms with van der Waals surface area (Å²) in [6.45, 7) is 1.48. The van der Waals surface area contributed by atoms with Gasteiger partial charge < -0.3 is 15.0 Å². The van der Waals surface area contributed by atoms with Gasteiger partial charge in [-0.15, -0.1) is 11.3 Å². The zero-order valence-electron chi connectivity index (χ0n) is 12.9. The number of carbonyl (C=O) groups is 1. The van der Waals surface area contributed by atoms with Crippen molar-refractivity contribution in [2.75, 3.05) is 24.6 Å². The first-order valence-corrected chi connectivity index (χ1v) is 9.28. The van der Waals surface area contributed by atoms with Crippen LogP contribution in [-0.2, 0) is 4.79 Å². The van der Waals surface area contributed by atoms with Crippen molar-refractivity contribution in [2.45, 2.75) is 18.9 Å². The maximum atomic E-state index is 12.0. The summed E-state index contributed by atoms with van der Waals surface area (Å²) in [4.78, 5) is 18.6. The molecule has 1 aromatic carbocycles. The van der Waals surface area contributed by atoms with Crippen LogP contribution in [0.2, 0.25) is 10.0 Å². The van der Waals surface area contributed by atoms with E-state index in [-0.39, 0.29) is 18.6 Å². The van der Waals surface area contributed by atoms with E-state index < -0.39 is 0 Å². The highest BCUT2D eigenvalue weighted by Crippen LogP contribution is 2.28. The molecule has 0 radical (unpaired) electrons. The van der Waals surface area contributed by atoms with Gasteiger partial charge in [0.25, 0.3) is 5.91 Å². The zero-order valence-corrected chi connectivity index (χ0v) is 15.2. The number of halogens is 2. The van der Waals surface area contributed by atoms with Gasteiger partial charge in [0.15, 0.2) is 11.7 Å². The number of anilines is 1. The Hall–Kier alpha value is -1.50. The number of amides is 1. The van der Waals surface area contributed by atoms with Crippen LogP contribution in [0.1, 0.15) is 12.8 Å². The maximum Gasteiger partial charge on any atom is 0.258 e. The van der Waals surface area contributed by atoms with Crippen LogP contribution >= 0.6 is 34.5 Å². The number of hydrogen-bond donors (Lipinski definition) is 1. The first kappa shape index (κ1) is 17.3. The average Bonchev–Trinajstić information content (AvgIpc) is 3.23. The molecule has 8 heteroatoms. The molecule has 2 aromatic rings. The molecule has 0 spiro atoms. The van der Waals surface area contributed by atoms with Gasteiger partial charge in [-0.1, -0.05) is 23.2 Å². The third-order valence-electron chi connectivity index (χ3n) is 3.83. The molecule has 1 aliphatic rings. The second kappa shape index (κ2) is 8.05. The molecule has 1 aliphatic heterocycles. The number of aromatic nitrogens is 1. The van der Waals surface area contributed by atoms with Gasteiger partial charge in [0.2, 0.25) is 0 Å². The summed E-state index contributed by atoms with van der Waals surface area (Å²) in [7, 11) is 0. The molecule has 2 heterocycles. The van der Waals surface area contributed by atoms with E-state index in [1.807, 2.05) is 5.38 Å². The molecule has 3 rings (SSSR count). The summed E-state index contributed by atoms with van der Waals surface area (Å²) in [5.41, 5.74) is 0. The van der Waals surface area contributed by atoms with Gasteiger partial charge in [0.1, 0.15) is 5.75 Å². The second-order valence-electron chi connectivity index (χ2n) is 5.47. The lowest BCUT2D eigenvalue weighted by Gasteiger charge is -2.24. The van der Waals surface area contributed by atoms with Crippen LogP contribution in [0.15, 0.2) is 29.8 Å². The number of ether oxygens (including phenoxy) is 1. The normalized spacial score (nSPS) is 17.1. The van der Waals surface area contributed by atoms with Gasteiger partial charge >= 0.3 is 0 Å². The summed E-state index contributed by atoms with van der Waals surface area (Å²) in [6, 6.07) is 5.18. The Labute approximate surface area is 154 Å². The van der Waals surface area contributed by atoms with Crippen molar-refractivity contribution in [1.29, 1.82) is 0 Å². The van der Waals surface area contributed by atoms with Crippen molar-refractivity contribution in [3.8, 4) is 5.75 Å². The molecule has 0 saturated carbocycles. The Bertz CT molecular complexity index is 697. The van der Waals surface area contributed by atoms with Crippen LogP contribution in [-0.4, -0.2) is 36.6 Å². The van der Waals surface area contributed by atoms with Crippen molar-refractivity contribution >= 4 is 45.6 Å². The van der Waals surface area contributed by atoms with Crippen molar-refractivity contribution in [2.24, 2.45) is 0 Å². The minimum Gasteiger partial charge on any atom is -0.482 e. The smallest absolute Gasteiger partial charge is 0.258 e. The van der Waals surface area contributed by atoms with Crippen LogP contribution in [0.5, 0.6) is 5.75 Å². The standard InChI is InChI=1S/C16H17Cl2N3O2S/c17-11-3-4-14(13(18)8-11)23-10-15(22)20-9-12-2-1-6-21(12)16-19-5-7-24-16/h3-5,7-8,12H,1-2,6,9-10H2,(H,20,22)/t12-/m0/s1. The predicted octanol–water partition coefficient (Wildman–Crippen LogP) is 3.61. The fraction of sp³-hybridized carbons (Fsp3) is 0.375. The lowest BCUT2D eigenvalue weighted by atomic mass is 10.2. The quantitative estimate of drug-likeness (QED) is 0.824. The molecule has 1 fully saturated rings. The molecule has 5 nitrogen and oxygen atoms in total. The van der Waals surface area contributed by atoms with Crippen LogP contribution in [0.4, 0.5) is 5.13 Å². The molecule has 1 atom stereocenters. The molecule has 1 amide bonds. The van der Waals surface area contributed by atoms with E-state index in [9.17, 15) is 4.79 Å². The molecule has 1 N–H and O–H groups in total. The molecule has 24 heavy (non-hydrogen) atoms. The van der Waals surface area contributed by atoms with Crippen molar-refractivity contribution in [1.82, 2.24) is 10.3 Å². The van der Waals surface area contributed by atoms with E-state index >= 15 is 0 Å². The monoisotopic (exact) mass is 385 g/mol.